The van der Waals surface area contributed by atoms with Crippen LogP contribution in [0.4, 0.5) is 17.3 Å². The Morgan fingerprint density at radius 2 is 2.10 bits per heavy atom. The van der Waals surface area contributed by atoms with E-state index in [1.165, 1.54) is 0 Å². The molecule has 0 saturated heterocycles. The fourth-order valence-corrected chi connectivity index (χ4v) is 2.36. The fraction of sp³-hybridized carbons (Fsp3) is 0.267. The molecule has 0 aliphatic carbocycles. The van der Waals surface area contributed by atoms with Gasteiger partial charge in [0.05, 0.1) is 11.3 Å². The molecule has 0 unspecified atom stereocenters. The van der Waals surface area contributed by atoms with Gasteiger partial charge in [0.2, 0.25) is 0 Å². The second kappa shape index (κ2) is 4.59. The van der Waals surface area contributed by atoms with Crippen LogP contribution in [0, 0.1) is 13.8 Å². The zero-order chi connectivity index (χ0) is 14.3. The second-order valence-corrected chi connectivity index (χ2v) is 4.83. The average Bonchev–Trinajstić information content (AvgIpc) is 2.54. The van der Waals surface area contributed by atoms with E-state index >= 15 is 0 Å². The lowest BCUT2D eigenvalue weighted by molar-refractivity contribution is 0.102. The third-order valence-corrected chi connectivity index (χ3v) is 3.55. The molecule has 5 nitrogen and oxygen atoms in total. The van der Waals surface area contributed by atoms with Crippen molar-refractivity contribution in [2.24, 2.45) is 0 Å². The van der Waals surface area contributed by atoms with Crippen LogP contribution >= 0.6 is 0 Å². The van der Waals surface area contributed by atoms with Gasteiger partial charge in [0.1, 0.15) is 5.82 Å². The highest BCUT2D eigenvalue weighted by Crippen LogP contribution is 2.35. The maximum absolute atomic E-state index is 12.4. The molecule has 0 bridgehead atoms. The summed E-state index contributed by atoms with van der Waals surface area (Å²) in [6.07, 6.45) is 1.72. The third kappa shape index (κ3) is 1.82. The Balaban J connectivity index is 2.29. The predicted octanol–water partition coefficient (Wildman–Crippen LogP) is 2.82. The van der Waals surface area contributed by atoms with Crippen molar-refractivity contribution in [3.8, 4) is 0 Å². The van der Waals surface area contributed by atoms with E-state index in [4.69, 9.17) is 0 Å². The lowest BCUT2D eigenvalue weighted by Crippen LogP contribution is -2.20. The number of fused-ring (bicyclic) bond motifs is 2. The molecular formula is C15H16N4O. The van der Waals surface area contributed by atoms with Gasteiger partial charge in [0.15, 0.2) is 5.82 Å². The maximum Gasteiger partial charge on any atom is 0.259 e. The first-order valence-electron chi connectivity index (χ1n) is 6.64. The lowest BCUT2D eigenvalue weighted by Gasteiger charge is -2.22. The molecule has 0 atom stereocenters. The highest BCUT2D eigenvalue weighted by Gasteiger charge is 2.26. The molecule has 2 aromatic rings. The summed E-state index contributed by atoms with van der Waals surface area (Å²) < 4.78 is 0. The molecule has 0 radical (unpaired) electrons. The van der Waals surface area contributed by atoms with Crippen LogP contribution in [0.25, 0.3) is 0 Å². The van der Waals surface area contributed by atoms with Gasteiger partial charge >= 0.3 is 0 Å². The third-order valence-electron chi connectivity index (χ3n) is 3.55. The molecule has 0 aromatic carbocycles. The number of nitrogens with one attached hydrogen (secondary N) is 1. The van der Waals surface area contributed by atoms with Crippen molar-refractivity contribution in [1.29, 1.82) is 0 Å². The summed E-state index contributed by atoms with van der Waals surface area (Å²) in [5.74, 6) is 1.27. The minimum atomic E-state index is -0.138. The van der Waals surface area contributed by atoms with Crippen molar-refractivity contribution in [2.45, 2.75) is 20.8 Å². The second-order valence-electron chi connectivity index (χ2n) is 4.83. The monoisotopic (exact) mass is 268 g/mol. The van der Waals surface area contributed by atoms with E-state index in [0.717, 1.165) is 17.1 Å². The zero-order valence-corrected chi connectivity index (χ0v) is 11.8. The van der Waals surface area contributed by atoms with Crippen LogP contribution in [-0.2, 0) is 0 Å². The summed E-state index contributed by atoms with van der Waals surface area (Å²) in [7, 11) is 0. The standard InChI is InChI=1S/C15H16N4O/c1-4-19-13-11(8-9(2)10(3)17-13)15(20)18-12-6-5-7-16-14(12)19/h5-8H,4H2,1-3H3,(H,18,20). The maximum atomic E-state index is 12.4. The number of aryl methyl sites for hydroxylation is 2. The molecule has 102 valence electrons. The van der Waals surface area contributed by atoms with Gasteiger partial charge in [-0.15, -0.1) is 0 Å². The minimum absolute atomic E-state index is 0.138. The Morgan fingerprint density at radius 3 is 2.85 bits per heavy atom. The summed E-state index contributed by atoms with van der Waals surface area (Å²) in [6, 6.07) is 5.56. The van der Waals surface area contributed by atoms with Gasteiger partial charge in [-0.25, -0.2) is 9.97 Å². The Hall–Kier alpha value is -2.43. The molecule has 1 aliphatic rings. The number of carbonyl (C=O) groups excluding carboxylic acids is 1. The molecule has 2 aromatic heterocycles. The quantitative estimate of drug-likeness (QED) is 0.864. The van der Waals surface area contributed by atoms with Crippen LogP contribution in [0.1, 0.15) is 28.5 Å². The van der Waals surface area contributed by atoms with E-state index in [-0.39, 0.29) is 5.91 Å². The van der Waals surface area contributed by atoms with Gasteiger partial charge in [0.25, 0.3) is 5.91 Å². The van der Waals surface area contributed by atoms with Gasteiger partial charge in [-0.05, 0) is 44.5 Å². The Morgan fingerprint density at radius 1 is 1.30 bits per heavy atom. The smallest absolute Gasteiger partial charge is 0.259 e. The zero-order valence-electron chi connectivity index (χ0n) is 11.8. The van der Waals surface area contributed by atoms with Crippen molar-refractivity contribution >= 4 is 23.2 Å². The number of hydrogen-bond donors (Lipinski definition) is 1. The summed E-state index contributed by atoms with van der Waals surface area (Å²) >= 11 is 0. The largest absolute Gasteiger partial charge is 0.319 e. The van der Waals surface area contributed by atoms with E-state index in [9.17, 15) is 4.79 Å². The number of nitrogens with zero attached hydrogens (tertiary/aromatic N) is 3. The van der Waals surface area contributed by atoms with Gasteiger partial charge in [-0.3, -0.25) is 4.79 Å². The van der Waals surface area contributed by atoms with Gasteiger partial charge < -0.3 is 10.2 Å². The molecule has 0 fully saturated rings. The number of rotatable bonds is 1. The molecule has 3 rings (SSSR count). The van der Waals surface area contributed by atoms with Crippen LogP contribution in [0.15, 0.2) is 24.4 Å². The van der Waals surface area contributed by atoms with Crippen molar-refractivity contribution in [3.63, 3.8) is 0 Å². The SMILES string of the molecule is CCN1c2ncccc2NC(=O)c2cc(C)c(C)nc21. The van der Waals surface area contributed by atoms with Crippen LogP contribution in [0.5, 0.6) is 0 Å². The number of carbonyl (C=O) groups is 1. The molecule has 0 saturated carbocycles. The summed E-state index contributed by atoms with van der Waals surface area (Å²) in [6.45, 7) is 6.63. The first-order chi connectivity index (χ1) is 9.61. The summed E-state index contributed by atoms with van der Waals surface area (Å²) in [4.78, 5) is 23.3. The molecule has 5 heteroatoms. The fourth-order valence-electron chi connectivity index (χ4n) is 2.36. The number of hydrogen-bond acceptors (Lipinski definition) is 4. The van der Waals surface area contributed by atoms with Gasteiger partial charge in [-0.2, -0.15) is 0 Å². The van der Waals surface area contributed by atoms with Crippen LogP contribution in [-0.4, -0.2) is 22.4 Å². The first kappa shape index (κ1) is 12.6. The van der Waals surface area contributed by atoms with Crippen LogP contribution < -0.4 is 10.2 Å². The van der Waals surface area contributed by atoms with Crippen molar-refractivity contribution in [3.05, 3.63) is 41.2 Å². The van der Waals surface area contributed by atoms with Gasteiger partial charge in [0, 0.05) is 18.4 Å². The molecule has 1 amide bonds. The Kier molecular flexibility index (Phi) is 2.89. The van der Waals surface area contributed by atoms with Crippen molar-refractivity contribution in [2.75, 3.05) is 16.8 Å². The number of pyridine rings is 2. The normalized spacial score (nSPS) is 13.3. The Labute approximate surface area is 117 Å². The van der Waals surface area contributed by atoms with E-state index in [2.05, 4.69) is 15.3 Å². The van der Waals surface area contributed by atoms with Crippen LogP contribution in [0.2, 0.25) is 0 Å². The number of anilines is 3. The lowest BCUT2D eigenvalue weighted by atomic mass is 10.1. The molecule has 1 N–H and O–H groups in total. The summed E-state index contributed by atoms with van der Waals surface area (Å²) in [5, 5.41) is 2.91. The highest BCUT2D eigenvalue weighted by atomic mass is 16.1. The average molecular weight is 268 g/mol. The van der Waals surface area contributed by atoms with E-state index in [0.29, 0.717) is 23.6 Å². The molecule has 0 spiro atoms. The van der Waals surface area contributed by atoms with Crippen LogP contribution in [0.3, 0.4) is 0 Å². The van der Waals surface area contributed by atoms with Crippen molar-refractivity contribution < 1.29 is 4.79 Å². The summed E-state index contributed by atoms with van der Waals surface area (Å²) in [5.41, 5.74) is 3.24. The Bertz CT molecular complexity index is 696. The number of aromatic nitrogens is 2. The van der Waals surface area contributed by atoms with Gasteiger partial charge in [-0.1, -0.05) is 0 Å². The first-order valence-corrected chi connectivity index (χ1v) is 6.64. The van der Waals surface area contributed by atoms with E-state index in [1.807, 2.05) is 43.9 Å². The highest BCUT2D eigenvalue weighted by molar-refractivity contribution is 6.11. The molecule has 1 aliphatic heterocycles. The van der Waals surface area contributed by atoms with E-state index in [1.54, 1.807) is 6.20 Å². The van der Waals surface area contributed by atoms with E-state index < -0.39 is 0 Å². The topological polar surface area (TPSA) is 58.1 Å². The van der Waals surface area contributed by atoms with Crippen molar-refractivity contribution in [1.82, 2.24) is 9.97 Å². The molecular weight excluding hydrogens is 252 g/mol. The molecule has 20 heavy (non-hydrogen) atoms. The number of amides is 1. The minimum Gasteiger partial charge on any atom is -0.319 e. The predicted molar refractivity (Wildman–Crippen MR) is 78.6 cm³/mol. The molecule has 3 heterocycles.